The van der Waals surface area contributed by atoms with Crippen LogP contribution in [-0.2, 0) is 0 Å². The molecule has 0 aromatic heterocycles. The van der Waals surface area contributed by atoms with Crippen molar-refractivity contribution in [3.05, 3.63) is 40.9 Å². The lowest BCUT2D eigenvalue weighted by atomic mass is 10.2. The van der Waals surface area contributed by atoms with Crippen molar-refractivity contribution >= 4 is 29.3 Å². The number of rotatable bonds is 0. The lowest BCUT2D eigenvalue weighted by Crippen LogP contribution is -2.24. The number of phenolic OH excluding ortho intramolecular Hbond substituents is 1. The highest BCUT2D eigenvalue weighted by Gasteiger charge is 1.92. The molecule has 0 atom stereocenters. The van der Waals surface area contributed by atoms with Gasteiger partial charge in [-0.25, -0.2) is 0 Å². The predicted octanol–water partition coefficient (Wildman–Crippen LogP) is 0.605. The van der Waals surface area contributed by atoms with Crippen LogP contribution in [0.4, 0.5) is 0 Å². The van der Waals surface area contributed by atoms with Crippen molar-refractivity contribution in [3.8, 4) is 5.75 Å². The van der Waals surface area contributed by atoms with Crippen LogP contribution in [0.2, 0.25) is 0 Å². The normalized spacial score (nSPS) is 12.3. The molecule has 13 heavy (non-hydrogen) atoms. The van der Waals surface area contributed by atoms with Gasteiger partial charge in [0.2, 0.25) is 0 Å². The fraction of sp³-hybridized carbons (Fsp3) is 0. The molecule has 0 aliphatic carbocycles. The summed E-state index contributed by atoms with van der Waals surface area (Å²) in [5.41, 5.74) is 0. The maximum absolute atomic E-state index is 9.47. The van der Waals surface area contributed by atoms with Crippen molar-refractivity contribution < 1.29 is 5.11 Å². The summed E-state index contributed by atoms with van der Waals surface area (Å²) < 4.78 is 0. The second-order valence-corrected chi connectivity index (χ2v) is 2.62. The molecule has 2 rings (SSSR count). The summed E-state index contributed by atoms with van der Waals surface area (Å²) in [5.74, 6) is 0.317. The van der Waals surface area contributed by atoms with Gasteiger partial charge in [-0.2, -0.15) is 0 Å². The maximum atomic E-state index is 9.47. The first-order valence-electron chi connectivity index (χ1n) is 3.79. The number of nitrogens with one attached hydrogen (secondary N) is 1. The van der Waals surface area contributed by atoms with Gasteiger partial charge in [-0.3, -0.25) is 0 Å². The summed E-state index contributed by atoms with van der Waals surface area (Å²) in [4.78, 5) is 0. The number of benzene rings is 1. The van der Waals surface area contributed by atoms with Gasteiger partial charge in [-0.1, -0.05) is 12.1 Å². The predicted molar refractivity (Wildman–Crippen MR) is 58.9 cm³/mol. The van der Waals surface area contributed by atoms with E-state index < -0.39 is 0 Å². The molecule has 68 valence electrons. The van der Waals surface area contributed by atoms with Crippen molar-refractivity contribution in [2.24, 2.45) is 0 Å². The van der Waals surface area contributed by atoms with Gasteiger partial charge in [0.05, 0.1) is 0 Å². The highest BCUT2D eigenvalue weighted by Crippen LogP contribution is 1.95. The number of phenols is 1. The minimum absolute atomic E-state index is 0. The molecule has 1 aromatic carbocycles. The Kier molecular flexibility index (Phi) is 3.14. The quantitative estimate of drug-likeness (QED) is 0.696. The molecule has 1 heterocycles. The number of hydrogen-bond acceptors (Lipinski definition) is 2. The largest absolute Gasteiger partial charge is 0.507 e. The van der Waals surface area contributed by atoms with E-state index >= 15 is 0 Å². The van der Waals surface area contributed by atoms with Crippen LogP contribution in [0.1, 0.15) is 0 Å². The summed E-state index contributed by atoms with van der Waals surface area (Å²) in [6.07, 6.45) is 7.41. The number of fused-ring (bicyclic) bond motifs is 1. The van der Waals surface area contributed by atoms with Gasteiger partial charge in [0, 0.05) is 22.8 Å². The summed E-state index contributed by atoms with van der Waals surface area (Å²) in [6, 6.07) is 5.46. The van der Waals surface area contributed by atoms with Gasteiger partial charge in [0.25, 0.3) is 0 Å². The highest BCUT2D eigenvalue weighted by atomic mass is 79.9. The molecule has 0 unspecified atom stereocenters. The Hall–Kier alpha value is -1.22. The van der Waals surface area contributed by atoms with E-state index in [1.165, 1.54) is 0 Å². The number of aromatic hydroxyl groups is 1. The molecule has 0 radical (unpaired) electrons. The van der Waals surface area contributed by atoms with E-state index in [-0.39, 0.29) is 17.0 Å². The van der Waals surface area contributed by atoms with Crippen molar-refractivity contribution in [3.63, 3.8) is 0 Å². The molecule has 0 saturated heterocycles. The zero-order valence-corrected chi connectivity index (χ0v) is 8.61. The van der Waals surface area contributed by atoms with Crippen LogP contribution in [0.3, 0.4) is 0 Å². The van der Waals surface area contributed by atoms with Crippen LogP contribution in [-0.4, -0.2) is 5.11 Å². The molecule has 0 bridgehead atoms. The van der Waals surface area contributed by atoms with Crippen LogP contribution < -0.4 is 15.8 Å². The molecular weight excluding hydrogens is 230 g/mol. The fourth-order valence-electron chi connectivity index (χ4n) is 1.22. The zero-order valence-electron chi connectivity index (χ0n) is 6.90. The van der Waals surface area contributed by atoms with Crippen LogP contribution in [0.5, 0.6) is 5.75 Å². The summed E-state index contributed by atoms with van der Waals surface area (Å²) in [6.45, 7) is 0. The Labute approximate surface area is 86.7 Å². The third-order valence-corrected chi connectivity index (χ3v) is 1.81. The topological polar surface area (TPSA) is 32.3 Å². The van der Waals surface area contributed by atoms with Gasteiger partial charge in [0.15, 0.2) is 0 Å². The van der Waals surface area contributed by atoms with Gasteiger partial charge in [-0.05, 0) is 18.2 Å². The minimum atomic E-state index is 0. The second kappa shape index (κ2) is 4.14. The molecular formula is C10H10BrNO. The Bertz CT molecular complexity index is 437. The van der Waals surface area contributed by atoms with Gasteiger partial charge in [0.1, 0.15) is 5.75 Å². The Balaban J connectivity index is 0.000000845. The summed E-state index contributed by atoms with van der Waals surface area (Å²) >= 11 is 0. The lowest BCUT2D eigenvalue weighted by molar-refractivity contribution is 0.470. The molecule has 0 saturated carbocycles. The number of halogens is 1. The third-order valence-electron chi connectivity index (χ3n) is 1.81. The standard InChI is InChI=1S/C10H9NO.BrH/c12-10-5-1-3-8-7-11-6-2-4-9(8)10;/h1-7,11-12H;1H. The number of hydrogen-bond donors (Lipinski definition) is 2. The molecule has 0 spiro atoms. The van der Waals surface area contributed by atoms with E-state index in [4.69, 9.17) is 0 Å². The van der Waals surface area contributed by atoms with E-state index in [2.05, 4.69) is 5.32 Å². The summed E-state index contributed by atoms with van der Waals surface area (Å²) in [7, 11) is 0. The fourth-order valence-corrected chi connectivity index (χ4v) is 1.22. The lowest BCUT2D eigenvalue weighted by Gasteiger charge is -1.92. The molecule has 2 N–H and O–H groups in total. The first kappa shape index (κ1) is 9.86. The first-order chi connectivity index (χ1) is 5.88. The van der Waals surface area contributed by atoms with Crippen LogP contribution in [0, 0.1) is 0 Å². The van der Waals surface area contributed by atoms with Crippen LogP contribution in [0.15, 0.2) is 30.5 Å². The van der Waals surface area contributed by atoms with Gasteiger partial charge < -0.3 is 10.4 Å². The van der Waals surface area contributed by atoms with Crippen molar-refractivity contribution in [2.75, 3.05) is 0 Å². The summed E-state index contributed by atoms with van der Waals surface area (Å²) in [5, 5.41) is 14.3. The van der Waals surface area contributed by atoms with E-state index in [0.717, 1.165) is 10.4 Å². The van der Waals surface area contributed by atoms with Crippen molar-refractivity contribution in [1.82, 2.24) is 5.32 Å². The third kappa shape index (κ3) is 1.92. The monoisotopic (exact) mass is 239 g/mol. The molecule has 0 amide bonds. The van der Waals surface area contributed by atoms with Crippen molar-refractivity contribution in [2.45, 2.75) is 0 Å². The van der Waals surface area contributed by atoms with Crippen LogP contribution >= 0.6 is 17.0 Å². The highest BCUT2D eigenvalue weighted by molar-refractivity contribution is 8.93. The zero-order chi connectivity index (χ0) is 8.39. The first-order valence-corrected chi connectivity index (χ1v) is 3.79. The van der Waals surface area contributed by atoms with Gasteiger partial charge in [-0.15, -0.1) is 17.0 Å². The molecule has 1 aliphatic heterocycles. The smallest absolute Gasteiger partial charge is 0.123 e. The SMILES string of the molecule is Br.Oc1cccc2c1=CC=CNC=2. The molecule has 0 fully saturated rings. The Morgan fingerprint density at radius 2 is 2.08 bits per heavy atom. The van der Waals surface area contributed by atoms with E-state index in [9.17, 15) is 5.11 Å². The van der Waals surface area contributed by atoms with Crippen LogP contribution in [0.25, 0.3) is 12.3 Å². The molecule has 3 heteroatoms. The molecule has 2 nitrogen and oxygen atoms in total. The van der Waals surface area contributed by atoms with E-state index in [1.54, 1.807) is 6.07 Å². The minimum Gasteiger partial charge on any atom is -0.507 e. The van der Waals surface area contributed by atoms with E-state index in [0.29, 0.717) is 5.75 Å². The molecule has 1 aromatic rings. The Morgan fingerprint density at radius 1 is 1.23 bits per heavy atom. The van der Waals surface area contributed by atoms with Crippen molar-refractivity contribution in [1.29, 1.82) is 0 Å². The Morgan fingerprint density at radius 3 is 2.92 bits per heavy atom. The maximum Gasteiger partial charge on any atom is 0.123 e. The number of allylic oxidation sites excluding steroid dienone is 1. The average Bonchev–Trinajstić information content (AvgIpc) is 2.30. The second-order valence-electron chi connectivity index (χ2n) is 2.62. The van der Waals surface area contributed by atoms with Gasteiger partial charge >= 0.3 is 0 Å². The average molecular weight is 240 g/mol. The molecule has 1 aliphatic rings. The van der Waals surface area contributed by atoms with E-state index in [1.807, 2.05) is 36.7 Å².